The third kappa shape index (κ3) is 4.27. The van der Waals surface area contributed by atoms with Crippen molar-refractivity contribution >= 4 is 43.5 Å². The normalized spacial score (nSPS) is 11.6. The van der Waals surface area contributed by atoms with Crippen LogP contribution in [0.1, 0.15) is 0 Å². The fraction of sp³-hybridized carbons (Fsp3) is 0. The summed E-state index contributed by atoms with van der Waals surface area (Å²) in [5.41, 5.74) is 6.85. The van der Waals surface area contributed by atoms with Crippen LogP contribution in [-0.2, 0) is 0 Å². The third-order valence-electron chi connectivity index (χ3n) is 8.51. The van der Waals surface area contributed by atoms with E-state index in [0.29, 0.717) is 17.5 Å². The summed E-state index contributed by atoms with van der Waals surface area (Å²) in [7, 11) is 0. The molecule has 0 saturated carbocycles. The van der Waals surface area contributed by atoms with E-state index in [-0.39, 0.29) is 0 Å². The summed E-state index contributed by atoms with van der Waals surface area (Å²) >= 11 is 0. The van der Waals surface area contributed by atoms with Gasteiger partial charge in [-0.3, -0.25) is 0 Å². The Hall–Kier alpha value is -6.13. The molecular weight excluding hydrogens is 550 g/mol. The van der Waals surface area contributed by atoms with Crippen molar-refractivity contribution in [3.63, 3.8) is 0 Å². The van der Waals surface area contributed by atoms with Gasteiger partial charge in [-0.1, -0.05) is 133 Å². The molecule has 0 spiro atoms. The monoisotopic (exact) mass is 575 g/mol. The van der Waals surface area contributed by atoms with Crippen LogP contribution in [0.15, 0.2) is 156 Å². The van der Waals surface area contributed by atoms with Crippen LogP contribution in [0.2, 0.25) is 0 Å². The maximum Gasteiger partial charge on any atom is 0.164 e. The molecule has 0 aliphatic rings. The van der Waals surface area contributed by atoms with E-state index in [4.69, 9.17) is 19.4 Å². The van der Waals surface area contributed by atoms with Crippen LogP contribution in [0.5, 0.6) is 0 Å². The molecule has 0 radical (unpaired) electrons. The van der Waals surface area contributed by atoms with Gasteiger partial charge in [0.25, 0.3) is 0 Å². The first-order valence-electron chi connectivity index (χ1n) is 15.0. The van der Waals surface area contributed by atoms with Gasteiger partial charge in [0.2, 0.25) is 0 Å². The molecule has 7 aromatic carbocycles. The van der Waals surface area contributed by atoms with E-state index >= 15 is 0 Å². The lowest BCUT2D eigenvalue weighted by atomic mass is 9.93. The first kappa shape index (κ1) is 25.4. The maximum absolute atomic E-state index is 6.26. The number of hydrogen-bond acceptors (Lipinski definition) is 4. The van der Waals surface area contributed by atoms with E-state index < -0.39 is 0 Å². The highest BCUT2D eigenvalue weighted by Gasteiger charge is 2.17. The number of fused-ring (bicyclic) bond motifs is 6. The number of furan rings is 1. The molecule has 2 heterocycles. The van der Waals surface area contributed by atoms with Crippen molar-refractivity contribution in [2.75, 3.05) is 0 Å². The van der Waals surface area contributed by atoms with Gasteiger partial charge in [0, 0.05) is 32.8 Å². The minimum absolute atomic E-state index is 0.632. The van der Waals surface area contributed by atoms with E-state index in [0.717, 1.165) is 60.5 Å². The van der Waals surface area contributed by atoms with E-state index in [1.54, 1.807) is 0 Å². The van der Waals surface area contributed by atoms with Gasteiger partial charge in [0.1, 0.15) is 11.2 Å². The molecule has 45 heavy (non-hydrogen) atoms. The average Bonchev–Trinajstić information content (AvgIpc) is 3.50. The van der Waals surface area contributed by atoms with Gasteiger partial charge in [-0.25, -0.2) is 15.0 Å². The zero-order valence-electron chi connectivity index (χ0n) is 24.2. The number of benzene rings is 7. The van der Waals surface area contributed by atoms with Gasteiger partial charge in [-0.2, -0.15) is 0 Å². The van der Waals surface area contributed by atoms with Crippen molar-refractivity contribution in [1.29, 1.82) is 0 Å². The van der Waals surface area contributed by atoms with Gasteiger partial charge < -0.3 is 4.42 Å². The molecule has 0 amide bonds. The van der Waals surface area contributed by atoms with Gasteiger partial charge in [0.15, 0.2) is 17.5 Å². The summed E-state index contributed by atoms with van der Waals surface area (Å²) in [6.45, 7) is 0. The highest BCUT2D eigenvalue weighted by molar-refractivity contribution is 6.22. The van der Waals surface area contributed by atoms with Crippen LogP contribution in [0.25, 0.3) is 88.8 Å². The minimum atomic E-state index is 0.632. The fourth-order valence-electron chi connectivity index (χ4n) is 6.42. The van der Waals surface area contributed by atoms with Gasteiger partial charge in [-0.15, -0.1) is 0 Å². The van der Waals surface area contributed by atoms with Crippen LogP contribution in [0.3, 0.4) is 0 Å². The summed E-state index contributed by atoms with van der Waals surface area (Å²) < 4.78 is 6.26. The quantitative estimate of drug-likeness (QED) is 0.209. The molecule has 4 heteroatoms. The average molecular weight is 576 g/mol. The lowest BCUT2D eigenvalue weighted by Gasteiger charge is -2.12. The highest BCUT2D eigenvalue weighted by Crippen LogP contribution is 2.40. The van der Waals surface area contributed by atoms with Crippen molar-refractivity contribution < 1.29 is 4.42 Å². The molecule has 2 aromatic heterocycles. The fourth-order valence-corrected chi connectivity index (χ4v) is 6.42. The molecule has 0 N–H and O–H groups in total. The van der Waals surface area contributed by atoms with E-state index in [1.807, 2.05) is 42.5 Å². The highest BCUT2D eigenvalue weighted by atomic mass is 16.3. The Morgan fingerprint density at radius 1 is 0.356 bits per heavy atom. The first-order chi connectivity index (χ1) is 22.3. The second-order valence-corrected chi connectivity index (χ2v) is 11.2. The standard InChI is InChI=1S/C41H25N3O/c1-2-12-28(13-3-1)39-42-40(44-41(43-39)33-21-9-14-26-11-4-5-18-31(26)33)30-17-8-16-29(25-30)32-20-10-15-27-23-24-36-38(37(27)32)34-19-6-7-22-35(34)45-36/h1-25H. The summed E-state index contributed by atoms with van der Waals surface area (Å²) in [6, 6.07) is 52.2. The molecule has 0 atom stereocenters. The van der Waals surface area contributed by atoms with E-state index in [1.165, 1.54) is 10.8 Å². The summed E-state index contributed by atoms with van der Waals surface area (Å²) in [6.07, 6.45) is 0. The molecule has 0 aliphatic carbocycles. The molecule has 0 fully saturated rings. The molecule has 4 nitrogen and oxygen atoms in total. The maximum atomic E-state index is 6.26. The van der Waals surface area contributed by atoms with Crippen LogP contribution in [0.4, 0.5) is 0 Å². The number of nitrogens with zero attached hydrogens (tertiary/aromatic N) is 3. The largest absolute Gasteiger partial charge is 0.456 e. The predicted octanol–water partition coefficient (Wildman–Crippen LogP) is 10.7. The van der Waals surface area contributed by atoms with Crippen LogP contribution < -0.4 is 0 Å². The first-order valence-corrected chi connectivity index (χ1v) is 15.0. The Labute approximate surface area is 259 Å². The number of hydrogen-bond donors (Lipinski definition) is 0. The number of para-hydroxylation sites is 1. The Morgan fingerprint density at radius 2 is 0.978 bits per heavy atom. The second kappa shape index (κ2) is 10.2. The van der Waals surface area contributed by atoms with Crippen molar-refractivity contribution in [1.82, 2.24) is 15.0 Å². The van der Waals surface area contributed by atoms with Crippen LogP contribution >= 0.6 is 0 Å². The molecule has 9 aromatic rings. The summed E-state index contributed by atoms with van der Waals surface area (Å²) in [4.78, 5) is 15.1. The van der Waals surface area contributed by atoms with Gasteiger partial charge in [-0.05, 0) is 45.5 Å². The summed E-state index contributed by atoms with van der Waals surface area (Å²) in [5, 5.41) is 6.85. The number of rotatable bonds is 4. The molecule has 9 rings (SSSR count). The third-order valence-corrected chi connectivity index (χ3v) is 8.51. The van der Waals surface area contributed by atoms with Crippen molar-refractivity contribution in [3.05, 3.63) is 152 Å². The van der Waals surface area contributed by atoms with Crippen molar-refractivity contribution in [3.8, 4) is 45.3 Å². The van der Waals surface area contributed by atoms with Crippen molar-refractivity contribution in [2.24, 2.45) is 0 Å². The topological polar surface area (TPSA) is 51.8 Å². The zero-order chi connectivity index (χ0) is 29.7. The Kier molecular flexibility index (Phi) is 5.78. The van der Waals surface area contributed by atoms with E-state index in [9.17, 15) is 0 Å². The lowest BCUT2D eigenvalue weighted by Crippen LogP contribution is -2.00. The second-order valence-electron chi connectivity index (χ2n) is 11.2. The molecule has 210 valence electrons. The van der Waals surface area contributed by atoms with Crippen molar-refractivity contribution in [2.45, 2.75) is 0 Å². The van der Waals surface area contributed by atoms with E-state index in [2.05, 4.69) is 109 Å². The molecule has 0 saturated heterocycles. The SMILES string of the molecule is c1ccc(-c2nc(-c3cccc(-c4cccc5ccc6oc7ccccc7c6c45)c3)nc(-c3cccc4ccccc34)n2)cc1. The smallest absolute Gasteiger partial charge is 0.164 e. The Bertz CT molecular complexity index is 2540. The molecule has 0 bridgehead atoms. The summed E-state index contributed by atoms with van der Waals surface area (Å²) in [5.74, 6) is 1.93. The molecule has 0 unspecified atom stereocenters. The number of aromatic nitrogens is 3. The van der Waals surface area contributed by atoms with Gasteiger partial charge in [0.05, 0.1) is 0 Å². The van der Waals surface area contributed by atoms with Gasteiger partial charge >= 0.3 is 0 Å². The molecule has 0 aliphatic heterocycles. The minimum Gasteiger partial charge on any atom is -0.456 e. The van der Waals surface area contributed by atoms with Crippen LogP contribution in [0, 0.1) is 0 Å². The Balaban J connectivity index is 1.27. The lowest BCUT2D eigenvalue weighted by molar-refractivity contribution is 0.669. The molecular formula is C41H25N3O. The zero-order valence-corrected chi connectivity index (χ0v) is 24.2. The predicted molar refractivity (Wildman–Crippen MR) is 184 cm³/mol. The van der Waals surface area contributed by atoms with Crippen LogP contribution in [-0.4, -0.2) is 15.0 Å². The Morgan fingerprint density at radius 3 is 1.87 bits per heavy atom.